The Balaban J connectivity index is 1.51. The van der Waals surface area contributed by atoms with Crippen LogP contribution in [0.1, 0.15) is 47.1 Å². The number of aromatic nitrogens is 4. The maximum absolute atomic E-state index is 6.04. The molecule has 0 N–H and O–H groups in total. The third kappa shape index (κ3) is 3.19. The van der Waals surface area contributed by atoms with Crippen LogP contribution in [0.2, 0.25) is 0 Å². The van der Waals surface area contributed by atoms with E-state index >= 15 is 0 Å². The lowest BCUT2D eigenvalue weighted by molar-refractivity contribution is 0.301. The summed E-state index contributed by atoms with van der Waals surface area (Å²) in [7, 11) is 0. The van der Waals surface area contributed by atoms with E-state index in [9.17, 15) is 0 Å². The van der Waals surface area contributed by atoms with Gasteiger partial charge in [-0.25, -0.2) is 19.9 Å². The summed E-state index contributed by atoms with van der Waals surface area (Å²) in [4.78, 5) is 20.5. The lowest BCUT2D eigenvalue weighted by Crippen LogP contribution is -2.36. The van der Waals surface area contributed by atoms with Gasteiger partial charge < -0.3 is 9.64 Å². The van der Waals surface area contributed by atoms with E-state index in [0.717, 1.165) is 61.1 Å². The van der Waals surface area contributed by atoms with Crippen LogP contribution in [0.25, 0.3) is 0 Å². The topological polar surface area (TPSA) is 64.0 Å². The molecule has 28 heavy (non-hydrogen) atoms. The molecule has 2 aromatic heterocycles. The van der Waals surface area contributed by atoms with Gasteiger partial charge in [0, 0.05) is 42.9 Å². The number of hydrogen-bond acceptors (Lipinski definition) is 6. The number of hydrogen-bond donors (Lipinski definition) is 0. The molecule has 0 saturated carbocycles. The molecular formula is C22H23N5O. The van der Waals surface area contributed by atoms with E-state index in [2.05, 4.69) is 27.0 Å². The predicted octanol–water partition coefficient (Wildman–Crippen LogP) is 3.44. The molecular weight excluding hydrogens is 350 g/mol. The molecule has 0 radical (unpaired) electrons. The zero-order chi connectivity index (χ0) is 18.9. The van der Waals surface area contributed by atoms with Crippen molar-refractivity contribution in [2.24, 2.45) is 0 Å². The predicted molar refractivity (Wildman–Crippen MR) is 107 cm³/mol. The molecule has 5 rings (SSSR count). The SMILES string of the molecule is Cc1nc2c(c(N3CCCC(c4ccncn4)C3)n1)Cc1ccccc1OC2. The molecule has 2 aliphatic heterocycles. The van der Waals surface area contributed by atoms with Gasteiger partial charge in [0.1, 0.15) is 30.3 Å². The van der Waals surface area contributed by atoms with E-state index in [0.29, 0.717) is 12.5 Å². The number of aryl methyl sites for hydroxylation is 1. The van der Waals surface area contributed by atoms with Crippen LogP contribution < -0.4 is 9.64 Å². The third-order valence-corrected chi connectivity index (χ3v) is 5.63. The number of para-hydroxylation sites is 1. The minimum Gasteiger partial charge on any atom is -0.487 e. The fraction of sp³-hybridized carbons (Fsp3) is 0.364. The van der Waals surface area contributed by atoms with E-state index in [-0.39, 0.29) is 0 Å². The van der Waals surface area contributed by atoms with Crippen molar-refractivity contribution in [2.45, 2.75) is 38.7 Å². The van der Waals surface area contributed by atoms with Gasteiger partial charge >= 0.3 is 0 Å². The van der Waals surface area contributed by atoms with E-state index in [1.807, 2.05) is 31.3 Å². The van der Waals surface area contributed by atoms with Gasteiger partial charge in [-0.2, -0.15) is 0 Å². The minimum absolute atomic E-state index is 0.400. The molecule has 0 bridgehead atoms. The summed E-state index contributed by atoms with van der Waals surface area (Å²) in [6, 6.07) is 10.3. The number of ether oxygens (including phenoxy) is 1. The molecule has 6 heteroatoms. The zero-order valence-corrected chi connectivity index (χ0v) is 16.0. The molecule has 1 fully saturated rings. The molecule has 142 valence electrons. The summed E-state index contributed by atoms with van der Waals surface area (Å²) >= 11 is 0. The zero-order valence-electron chi connectivity index (χ0n) is 16.0. The standard InChI is InChI=1S/C22H23N5O/c1-15-25-20-13-28-21-7-3-2-5-16(21)11-18(20)22(26-15)27-10-4-6-17(12-27)19-8-9-23-14-24-19/h2-3,5,7-9,14,17H,4,6,10-13H2,1H3. The Labute approximate surface area is 164 Å². The Kier molecular flexibility index (Phi) is 4.39. The van der Waals surface area contributed by atoms with Gasteiger partial charge in [-0.3, -0.25) is 0 Å². The van der Waals surface area contributed by atoms with Crippen LogP contribution in [-0.2, 0) is 13.0 Å². The highest BCUT2D eigenvalue weighted by atomic mass is 16.5. The fourth-order valence-corrected chi connectivity index (χ4v) is 4.28. The maximum atomic E-state index is 6.04. The van der Waals surface area contributed by atoms with Crippen LogP contribution in [0.4, 0.5) is 5.82 Å². The summed E-state index contributed by atoms with van der Waals surface area (Å²) in [6.45, 7) is 4.38. The summed E-state index contributed by atoms with van der Waals surface area (Å²) < 4.78 is 6.04. The molecule has 2 aliphatic rings. The van der Waals surface area contributed by atoms with Gasteiger partial charge in [0.05, 0.1) is 5.69 Å². The lowest BCUT2D eigenvalue weighted by atomic mass is 9.93. The van der Waals surface area contributed by atoms with Crippen molar-refractivity contribution >= 4 is 5.82 Å². The van der Waals surface area contributed by atoms with Crippen molar-refractivity contribution in [2.75, 3.05) is 18.0 Å². The van der Waals surface area contributed by atoms with E-state index in [1.54, 1.807) is 6.33 Å². The molecule has 6 nitrogen and oxygen atoms in total. The molecule has 4 heterocycles. The van der Waals surface area contributed by atoms with Crippen LogP contribution in [0, 0.1) is 6.92 Å². The van der Waals surface area contributed by atoms with Crippen molar-refractivity contribution in [3.8, 4) is 5.75 Å². The van der Waals surface area contributed by atoms with Gasteiger partial charge in [-0.15, -0.1) is 0 Å². The highest BCUT2D eigenvalue weighted by Gasteiger charge is 2.28. The van der Waals surface area contributed by atoms with Crippen LogP contribution in [-0.4, -0.2) is 33.0 Å². The highest BCUT2D eigenvalue weighted by molar-refractivity contribution is 5.54. The average molecular weight is 373 g/mol. The second kappa shape index (κ2) is 7.19. The second-order valence-electron chi connectivity index (χ2n) is 7.51. The first-order valence-electron chi connectivity index (χ1n) is 9.86. The smallest absolute Gasteiger partial charge is 0.136 e. The first-order valence-corrected chi connectivity index (χ1v) is 9.86. The number of anilines is 1. The first kappa shape index (κ1) is 17.1. The van der Waals surface area contributed by atoms with Crippen LogP contribution >= 0.6 is 0 Å². The molecule has 1 atom stereocenters. The Morgan fingerprint density at radius 2 is 2.07 bits per heavy atom. The van der Waals surface area contributed by atoms with E-state index < -0.39 is 0 Å². The van der Waals surface area contributed by atoms with Crippen molar-refractivity contribution in [1.82, 2.24) is 19.9 Å². The number of fused-ring (bicyclic) bond motifs is 2. The Morgan fingerprint density at radius 1 is 1.14 bits per heavy atom. The van der Waals surface area contributed by atoms with Crippen LogP contribution in [0.15, 0.2) is 42.9 Å². The third-order valence-electron chi connectivity index (χ3n) is 5.63. The quantitative estimate of drug-likeness (QED) is 0.686. The maximum Gasteiger partial charge on any atom is 0.136 e. The molecule has 1 unspecified atom stereocenters. The monoisotopic (exact) mass is 373 g/mol. The largest absolute Gasteiger partial charge is 0.487 e. The van der Waals surface area contributed by atoms with Gasteiger partial charge in [0.25, 0.3) is 0 Å². The molecule has 3 aromatic rings. The Morgan fingerprint density at radius 3 is 2.96 bits per heavy atom. The number of nitrogens with zero attached hydrogens (tertiary/aromatic N) is 5. The summed E-state index contributed by atoms with van der Waals surface area (Å²) in [5.74, 6) is 3.20. The van der Waals surface area contributed by atoms with Gasteiger partial charge in [0.15, 0.2) is 0 Å². The second-order valence-corrected chi connectivity index (χ2v) is 7.51. The minimum atomic E-state index is 0.400. The fourth-order valence-electron chi connectivity index (χ4n) is 4.28. The number of piperidine rings is 1. The molecule has 0 amide bonds. The van der Waals surface area contributed by atoms with Crippen LogP contribution in [0.3, 0.4) is 0 Å². The van der Waals surface area contributed by atoms with Gasteiger partial charge in [0.2, 0.25) is 0 Å². The van der Waals surface area contributed by atoms with Crippen LogP contribution in [0.5, 0.6) is 5.75 Å². The summed E-state index contributed by atoms with van der Waals surface area (Å²) in [6.07, 6.45) is 6.54. The van der Waals surface area contributed by atoms with E-state index in [4.69, 9.17) is 14.7 Å². The van der Waals surface area contributed by atoms with Gasteiger partial charge in [-0.1, -0.05) is 18.2 Å². The average Bonchev–Trinajstić information content (AvgIpc) is 2.93. The van der Waals surface area contributed by atoms with Crippen molar-refractivity contribution in [1.29, 1.82) is 0 Å². The summed E-state index contributed by atoms with van der Waals surface area (Å²) in [5, 5.41) is 0. The first-order chi connectivity index (χ1) is 13.8. The lowest BCUT2D eigenvalue weighted by Gasteiger charge is -2.34. The Hall–Kier alpha value is -3.02. The number of rotatable bonds is 2. The number of benzene rings is 1. The normalized spacial score (nSPS) is 18.6. The Bertz CT molecular complexity index is 991. The van der Waals surface area contributed by atoms with Gasteiger partial charge in [-0.05, 0) is 37.5 Å². The van der Waals surface area contributed by atoms with Crippen molar-refractivity contribution in [3.63, 3.8) is 0 Å². The molecule has 0 aliphatic carbocycles. The van der Waals surface area contributed by atoms with Crippen molar-refractivity contribution < 1.29 is 4.74 Å². The van der Waals surface area contributed by atoms with Crippen molar-refractivity contribution in [3.05, 3.63) is 71.2 Å². The molecule has 1 aromatic carbocycles. The molecule has 0 spiro atoms. The molecule has 1 saturated heterocycles. The summed E-state index contributed by atoms with van der Waals surface area (Å²) in [5.41, 5.74) is 4.51. The van der Waals surface area contributed by atoms with E-state index in [1.165, 1.54) is 11.1 Å². The highest BCUT2D eigenvalue weighted by Crippen LogP contribution is 2.35.